The second kappa shape index (κ2) is 9.14. The lowest BCUT2D eigenvalue weighted by molar-refractivity contribution is -0.384. The smallest absolute Gasteiger partial charge is 0.269 e. The zero-order valence-corrected chi connectivity index (χ0v) is 15.9. The molecule has 2 amide bonds. The van der Waals surface area contributed by atoms with E-state index < -0.39 is 4.92 Å². The van der Waals surface area contributed by atoms with Crippen molar-refractivity contribution >= 4 is 29.9 Å². The fourth-order valence-corrected chi connectivity index (χ4v) is 3.75. The second-order valence-corrected chi connectivity index (χ2v) is 7.05. The first kappa shape index (κ1) is 21.1. The van der Waals surface area contributed by atoms with E-state index in [4.69, 9.17) is 5.73 Å². The summed E-state index contributed by atoms with van der Waals surface area (Å²) in [5, 5.41) is 10.7. The number of hydrogen-bond acceptors (Lipinski definition) is 5. The number of rotatable bonds is 3. The van der Waals surface area contributed by atoms with E-state index in [0.717, 1.165) is 25.7 Å². The van der Waals surface area contributed by atoms with Crippen molar-refractivity contribution in [3.63, 3.8) is 0 Å². The summed E-state index contributed by atoms with van der Waals surface area (Å²) in [7, 11) is 0. The molecule has 2 fully saturated rings. The number of halogens is 1. The van der Waals surface area contributed by atoms with Crippen LogP contribution in [0.15, 0.2) is 24.3 Å². The summed E-state index contributed by atoms with van der Waals surface area (Å²) >= 11 is 0. The van der Waals surface area contributed by atoms with Gasteiger partial charge in [0.2, 0.25) is 5.91 Å². The molecule has 0 bridgehead atoms. The van der Waals surface area contributed by atoms with Gasteiger partial charge in [-0.25, -0.2) is 0 Å². The molecule has 9 heteroatoms. The minimum atomic E-state index is -0.490. The van der Waals surface area contributed by atoms with Crippen molar-refractivity contribution in [2.24, 2.45) is 11.7 Å². The van der Waals surface area contributed by atoms with Gasteiger partial charge in [0.15, 0.2) is 0 Å². The third-order valence-corrected chi connectivity index (χ3v) is 5.27. The van der Waals surface area contributed by atoms with Gasteiger partial charge in [-0.05, 0) is 31.4 Å². The van der Waals surface area contributed by atoms with E-state index in [0.29, 0.717) is 31.7 Å². The van der Waals surface area contributed by atoms with Gasteiger partial charge in [0.05, 0.1) is 4.92 Å². The topological polar surface area (TPSA) is 110 Å². The highest BCUT2D eigenvalue weighted by molar-refractivity contribution is 5.94. The quantitative estimate of drug-likeness (QED) is 0.619. The number of nitro benzene ring substituents is 1. The lowest BCUT2D eigenvalue weighted by atomic mass is 9.85. The van der Waals surface area contributed by atoms with Crippen molar-refractivity contribution < 1.29 is 14.5 Å². The highest BCUT2D eigenvalue weighted by atomic mass is 35.5. The molecule has 1 aromatic carbocycles. The summed E-state index contributed by atoms with van der Waals surface area (Å²) < 4.78 is 0. The maximum atomic E-state index is 12.6. The fraction of sp³-hybridized carbons (Fsp3) is 0.556. The van der Waals surface area contributed by atoms with Gasteiger partial charge in [-0.2, -0.15) is 0 Å². The maximum absolute atomic E-state index is 12.6. The Labute approximate surface area is 164 Å². The third kappa shape index (κ3) is 4.95. The molecule has 1 aliphatic carbocycles. The number of nitrogens with zero attached hydrogens (tertiary/aromatic N) is 3. The zero-order valence-electron chi connectivity index (χ0n) is 15.1. The fourth-order valence-electron chi connectivity index (χ4n) is 3.75. The number of amides is 2. The first-order valence-corrected chi connectivity index (χ1v) is 9.04. The Morgan fingerprint density at radius 2 is 1.63 bits per heavy atom. The molecule has 2 atom stereocenters. The number of nitrogens with two attached hydrogens (primary N) is 1. The Hall–Kier alpha value is -2.19. The lowest BCUT2D eigenvalue weighted by Crippen LogP contribution is -2.52. The van der Waals surface area contributed by atoms with Gasteiger partial charge in [0.1, 0.15) is 0 Å². The Balaban J connectivity index is 0.00000261. The minimum absolute atomic E-state index is 0. The molecule has 0 spiro atoms. The Morgan fingerprint density at radius 3 is 2.19 bits per heavy atom. The van der Waals surface area contributed by atoms with Gasteiger partial charge in [-0.15, -0.1) is 12.4 Å². The first-order valence-electron chi connectivity index (χ1n) is 9.04. The Morgan fingerprint density at radius 1 is 1.04 bits per heavy atom. The normalized spacial score (nSPS) is 22.7. The highest BCUT2D eigenvalue weighted by Gasteiger charge is 2.31. The largest absolute Gasteiger partial charge is 0.339 e. The summed E-state index contributed by atoms with van der Waals surface area (Å²) in [6.07, 6.45) is 3.63. The van der Waals surface area contributed by atoms with Gasteiger partial charge in [0.25, 0.3) is 11.6 Å². The molecule has 2 aliphatic rings. The molecule has 0 aromatic heterocycles. The number of hydrogen-bond donors (Lipinski definition) is 1. The summed E-state index contributed by atoms with van der Waals surface area (Å²) in [5.74, 6) is 0.00458. The van der Waals surface area contributed by atoms with Crippen LogP contribution in [0.3, 0.4) is 0 Å². The lowest BCUT2D eigenvalue weighted by Gasteiger charge is -2.37. The van der Waals surface area contributed by atoms with Gasteiger partial charge >= 0.3 is 0 Å². The molecule has 0 radical (unpaired) electrons. The Kier molecular flexibility index (Phi) is 7.15. The monoisotopic (exact) mass is 396 g/mol. The summed E-state index contributed by atoms with van der Waals surface area (Å²) in [6, 6.07) is 5.73. The molecule has 2 N–H and O–H groups in total. The Bertz CT molecular complexity index is 689. The van der Waals surface area contributed by atoms with Crippen molar-refractivity contribution in [3.05, 3.63) is 39.9 Å². The van der Waals surface area contributed by atoms with E-state index >= 15 is 0 Å². The van der Waals surface area contributed by atoms with Crippen molar-refractivity contribution in [1.29, 1.82) is 0 Å². The molecule has 1 saturated carbocycles. The van der Waals surface area contributed by atoms with Crippen molar-refractivity contribution in [1.82, 2.24) is 9.80 Å². The number of carbonyl (C=O) groups excluding carboxylic acids is 2. The van der Waals surface area contributed by atoms with E-state index in [1.165, 1.54) is 24.3 Å². The van der Waals surface area contributed by atoms with Gasteiger partial charge in [-0.3, -0.25) is 19.7 Å². The molecule has 27 heavy (non-hydrogen) atoms. The third-order valence-electron chi connectivity index (χ3n) is 5.27. The van der Waals surface area contributed by atoms with Gasteiger partial charge < -0.3 is 15.5 Å². The van der Waals surface area contributed by atoms with Crippen LogP contribution in [0, 0.1) is 16.0 Å². The molecule has 148 valence electrons. The van der Waals surface area contributed by atoms with Gasteiger partial charge in [-0.1, -0.05) is 6.42 Å². The van der Waals surface area contributed by atoms with Crippen LogP contribution >= 0.6 is 12.4 Å². The van der Waals surface area contributed by atoms with Gasteiger partial charge in [0, 0.05) is 55.8 Å². The van der Waals surface area contributed by atoms with Crippen LogP contribution in [0.2, 0.25) is 0 Å². The molecular formula is C18H25ClN4O4. The standard InChI is InChI=1S/C18H24N4O4.ClH/c19-15-3-1-2-14(12-15)18(24)21-10-8-20(9-11-21)17(23)13-4-6-16(7-5-13)22(25)26;/h4-7,14-15H,1-3,8-12,19H2;1H. The number of piperazine rings is 1. The zero-order chi connectivity index (χ0) is 18.7. The summed E-state index contributed by atoms with van der Waals surface area (Å²) in [4.78, 5) is 38.9. The minimum Gasteiger partial charge on any atom is -0.339 e. The average molecular weight is 397 g/mol. The van der Waals surface area contributed by atoms with Crippen molar-refractivity contribution in [3.8, 4) is 0 Å². The number of non-ortho nitro benzene ring substituents is 1. The number of nitro groups is 1. The van der Waals surface area contributed by atoms with E-state index in [-0.39, 0.29) is 41.9 Å². The number of benzene rings is 1. The van der Waals surface area contributed by atoms with Crippen LogP contribution in [-0.4, -0.2) is 58.8 Å². The molecule has 1 saturated heterocycles. The van der Waals surface area contributed by atoms with Crippen LogP contribution in [0.5, 0.6) is 0 Å². The average Bonchev–Trinajstić information content (AvgIpc) is 2.67. The molecule has 1 heterocycles. The molecule has 2 unspecified atom stereocenters. The molecule has 3 rings (SSSR count). The van der Waals surface area contributed by atoms with Crippen molar-refractivity contribution in [2.75, 3.05) is 26.2 Å². The predicted octanol–water partition coefficient (Wildman–Crippen LogP) is 1.82. The first-order chi connectivity index (χ1) is 12.5. The van der Waals surface area contributed by atoms with E-state index in [1.54, 1.807) is 4.90 Å². The van der Waals surface area contributed by atoms with E-state index in [9.17, 15) is 19.7 Å². The predicted molar refractivity (Wildman–Crippen MR) is 103 cm³/mol. The van der Waals surface area contributed by atoms with Crippen molar-refractivity contribution in [2.45, 2.75) is 31.7 Å². The molecule has 8 nitrogen and oxygen atoms in total. The highest BCUT2D eigenvalue weighted by Crippen LogP contribution is 2.25. The SMILES string of the molecule is Cl.NC1CCCC(C(=O)N2CCN(C(=O)c3ccc([N+](=O)[O-])cc3)CC2)C1. The summed E-state index contributed by atoms with van der Waals surface area (Å²) in [6.45, 7) is 1.98. The van der Waals surface area contributed by atoms with E-state index in [1.807, 2.05) is 4.90 Å². The van der Waals surface area contributed by atoms with Crippen LogP contribution < -0.4 is 5.73 Å². The second-order valence-electron chi connectivity index (χ2n) is 7.05. The van der Waals surface area contributed by atoms with E-state index in [2.05, 4.69) is 0 Å². The van der Waals surface area contributed by atoms with Crippen LogP contribution in [0.1, 0.15) is 36.0 Å². The van der Waals surface area contributed by atoms with Crippen LogP contribution in [0.25, 0.3) is 0 Å². The number of carbonyl (C=O) groups is 2. The molecular weight excluding hydrogens is 372 g/mol. The van der Waals surface area contributed by atoms with Crippen LogP contribution in [-0.2, 0) is 4.79 Å². The molecule has 1 aromatic rings. The maximum Gasteiger partial charge on any atom is 0.269 e. The van der Waals surface area contributed by atoms with Crippen LogP contribution in [0.4, 0.5) is 5.69 Å². The molecule has 1 aliphatic heterocycles. The summed E-state index contributed by atoms with van der Waals surface area (Å²) in [5.41, 5.74) is 6.37.